The highest BCUT2D eigenvalue weighted by atomic mass is 19.4. The first kappa shape index (κ1) is 21.1. The number of rotatable bonds is 4. The van der Waals surface area contributed by atoms with Gasteiger partial charge >= 0.3 is 6.18 Å². The maximum atomic E-state index is 12.6. The fraction of sp³-hybridized carbons (Fsp3) is 0.348. The van der Waals surface area contributed by atoms with Crippen LogP contribution in [-0.4, -0.2) is 28.0 Å². The number of nitrogens with one attached hydrogen (secondary N) is 2. The molecule has 5 nitrogen and oxygen atoms in total. The van der Waals surface area contributed by atoms with Crippen LogP contribution in [0.2, 0.25) is 0 Å². The molecule has 1 fully saturated rings. The molecule has 1 aliphatic rings. The second-order valence-corrected chi connectivity index (χ2v) is 7.94. The van der Waals surface area contributed by atoms with Gasteiger partial charge in [-0.2, -0.15) is 13.2 Å². The highest BCUT2D eigenvalue weighted by Gasteiger charge is 2.32. The number of hydrogen-bond acceptors (Lipinski definition) is 4. The smallest absolute Gasteiger partial charge is 0.367 e. The Bertz CT molecular complexity index is 1070. The minimum absolute atomic E-state index is 0.0147. The van der Waals surface area contributed by atoms with E-state index >= 15 is 0 Å². The Kier molecular flexibility index (Phi) is 5.80. The van der Waals surface area contributed by atoms with E-state index in [2.05, 4.69) is 28.6 Å². The van der Waals surface area contributed by atoms with Crippen LogP contribution in [0.25, 0.3) is 10.9 Å². The summed E-state index contributed by atoms with van der Waals surface area (Å²) < 4.78 is 37.8. The number of hydrogen-bond donors (Lipinski definition) is 2. The van der Waals surface area contributed by atoms with Gasteiger partial charge in [-0.05, 0) is 62.4 Å². The third kappa shape index (κ3) is 4.95. The Hall–Kier alpha value is -3.16. The predicted octanol–water partition coefficient (Wildman–Crippen LogP) is 5.11. The monoisotopic (exact) mass is 428 g/mol. The van der Waals surface area contributed by atoms with Crippen LogP contribution in [0.3, 0.4) is 0 Å². The molecule has 0 radical (unpaired) electrons. The molecule has 0 aliphatic heterocycles. The first-order chi connectivity index (χ1) is 14.8. The Labute approximate surface area is 178 Å². The molecule has 0 atom stereocenters. The number of benzene rings is 1. The molecule has 162 valence electrons. The van der Waals surface area contributed by atoms with E-state index in [4.69, 9.17) is 4.98 Å². The summed E-state index contributed by atoms with van der Waals surface area (Å²) in [5.74, 6) is 0.448. The average molecular weight is 428 g/mol. The van der Waals surface area contributed by atoms with Crippen LogP contribution < -0.4 is 10.6 Å². The van der Waals surface area contributed by atoms with Crippen molar-refractivity contribution >= 4 is 22.6 Å². The van der Waals surface area contributed by atoms with E-state index in [0.29, 0.717) is 0 Å². The van der Waals surface area contributed by atoms with Crippen molar-refractivity contribution in [1.29, 1.82) is 0 Å². The van der Waals surface area contributed by atoms with Gasteiger partial charge in [0.25, 0.3) is 5.91 Å². The third-order valence-corrected chi connectivity index (χ3v) is 5.65. The number of para-hydroxylation sites is 1. The molecular weight excluding hydrogens is 405 g/mol. The topological polar surface area (TPSA) is 66.9 Å². The van der Waals surface area contributed by atoms with Gasteiger partial charge in [-0.1, -0.05) is 18.2 Å². The van der Waals surface area contributed by atoms with E-state index in [1.807, 2.05) is 24.3 Å². The number of anilines is 1. The summed E-state index contributed by atoms with van der Waals surface area (Å²) in [6.07, 6.45) is -0.251. The summed E-state index contributed by atoms with van der Waals surface area (Å²) >= 11 is 0. The Morgan fingerprint density at radius 1 is 1.03 bits per heavy atom. The Balaban J connectivity index is 1.31. The van der Waals surface area contributed by atoms with Crippen LogP contribution in [0.4, 0.5) is 19.0 Å². The van der Waals surface area contributed by atoms with Gasteiger partial charge in [-0.3, -0.25) is 9.78 Å². The van der Waals surface area contributed by atoms with Gasteiger partial charge in [-0.15, -0.1) is 0 Å². The van der Waals surface area contributed by atoms with Crippen LogP contribution in [-0.2, 0) is 6.18 Å². The maximum Gasteiger partial charge on any atom is 0.433 e. The summed E-state index contributed by atoms with van der Waals surface area (Å²) in [6.45, 7) is 2.07. The molecule has 0 saturated heterocycles. The number of aryl methyl sites for hydroxylation is 1. The fourth-order valence-electron chi connectivity index (χ4n) is 3.98. The van der Waals surface area contributed by atoms with E-state index in [9.17, 15) is 18.0 Å². The van der Waals surface area contributed by atoms with Crippen molar-refractivity contribution in [2.45, 2.75) is 50.9 Å². The van der Waals surface area contributed by atoms with E-state index < -0.39 is 17.8 Å². The molecule has 3 aromatic rings. The van der Waals surface area contributed by atoms with Gasteiger partial charge in [0.2, 0.25) is 0 Å². The van der Waals surface area contributed by atoms with E-state index in [1.54, 1.807) is 0 Å². The lowest BCUT2D eigenvalue weighted by molar-refractivity contribution is -0.141. The molecule has 0 bridgehead atoms. The second kappa shape index (κ2) is 8.53. The molecule has 4 rings (SSSR count). The van der Waals surface area contributed by atoms with Crippen molar-refractivity contribution < 1.29 is 18.0 Å². The summed E-state index contributed by atoms with van der Waals surface area (Å²) in [6, 6.07) is 12.3. The Morgan fingerprint density at radius 3 is 2.42 bits per heavy atom. The molecule has 2 heterocycles. The van der Waals surface area contributed by atoms with Crippen molar-refractivity contribution in [3.8, 4) is 0 Å². The fourth-order valence-corrected chi connectivity index (χ4v) is 3.98. The van der Waals surface area contributed by atoms with Gasteiger partial charge in [0.05, 0.1) is 11.1 Å². The molecule has 2 aromatic heterocycles. The minimum atomic E-state index is -4.52. The van der Waals surface area contributed by atoms with Crippen molar-refractivity contribution in [3.05, 3.63) is 65.5 Å². The lowest BCUT2D eigenvalue weighted by Crippen LogP contribution is -2.40. The van der Waals surface area contributed by atoms with Gasteiger partial charge in [0.15, 0.2) is 0 Å². The minimum Gasteiger partial charge on any atom is -0.367 e. The van der Waals surface area contributed by atoms with E-state index in [1.165, 1.54) is 5.56 Å². The molecular formula is C23H23F3N4O. The van der Waals surface area contributed by atoms with Crippen LogP contribution >= 0.6 is 0 Å². The normalized spacial score (nSPS) is 19.2. The molecule has 1 aliphatic carbocycles. The number of nitrogens with zero attached hydrogens (tertiary/aromatic N) is 2. The summed E-state index contributed by atoms with van der Waals surface area (Å²) in [7, 11) is 0. The number of alkyl halides is 3. The number of halogens is 3. The molecule has 1 amide bonds. The number of amides is 1. The van der Waals surface area contributed by atoms with Gasteiger partial charge in [-0.25, -0.2) is 4.98 Å². The van der Waals surface area contributed by atoms with Crippen LogP contribution in [0, 0.1) is 6.92 Å². The molecule has 1 saturated carbocycles. The van der Waals surface area contributed by atoms with Crippen LogP contribution in [0.1, 0.15) is 47.3 Å². The van der Waals surface area contributed by atoms with Crippen molar-refractivity contribution in [3.63, 3.8) is 0 Å². The number of pyridine rings is 2. The van der Waals surface area contributed by atoms with Gasteiger partial charge in [0.1, 0.15) is 11.5 Å². The number of aromatic nitrogens is 2. The molecule has 1 aromatic carbocycles. The highest BCUT2D eigenvalue weighted by Crippen LogP contribution is 2.28. The predicted molar refractivity (Wildman–Crippen MR) is 113 cm³/mol. The van der Waals surface area contributed by atoms with E-state index in [-0.39, 0.29) is 17.6 Å². The average Bonchev–Trinajstić information content (AvgIpc) is 2.75. The van der Waals surface area contributed by atoms with Crippen LogP contribution in [0.5, 0.6) is 0 Å². The van der Waals surface area contributed by atoms with E-state index in [0.717, 1.165) is 60.7 Å². The standard InChI is InChI=1S/C23H23F3N4O/c1-14-12-21(30-19-5-3-2-4-18(14)19)28-16-7-9-17(10-8-16)29-22(31)15-6-11-20(27-13-15)23(24,25)26/h2-6,11-13,16-17H,7-10H2,1H3,(H,28,30)(H,29,31)/t16-,17+. The third-order valence-electron chi connectivity index (χ3n) is 5.65. The zero-order chi connectivity index (χ0) is 22.0. The zero-order valence-corrected chi connectivity index (χ0v) is 17.0. The van der Waals surface area contributed by atoms with Gasteiger partial charge < -0.3 is 10.6 Å². The zero-order valence-electron chi connectivity index (χ0n) is 17.0. The summed E-state index contributed by atoms with van der Waals surface area (Å²) in [5.41, 5.74) is 1.24. The Morgan fingerprint density at radius 2 is 1.74 bits per heavy atom. The molecule has 31 heavy (non-hydrogen) atoms. The van der Waals surface area contributed by atoms with Crippen molar-refractivity contribution in [2.75, 3.05) is 5.32 Å². The van der Waals surface area contributed by atoms with Crippen LogP contribution in [0.15, 0.2) is 48.7 Å². The second-order valence-electron chi connectivity index (χ2n) is 7.94. The lowest BCUT2D eigenvalue weighted by Gasteiger charge is -2.30. The number of carbonyl (C=O) groups excluding carboxylic acids is 1. The molecule has 2 N–H and O–H groups in total. The maximum absolute atomic E-state index is 12.6. The first-order valence-electron chi connectivity index (χ1n) is 10.3. The SMILES string of the molecule is Cc1cc(N[C@H]2CC[C@@H](NC(=O)c3ccc(C(F)(F)F)nc3)CC2)nc2ccccc12. The van der Waals surface area contributed by atoms with Crippen molar-refractivity contribution in [1.82, 2.24) is 15.3 Å². The number of fused-ring (bicyclic) bond motifs is 1. The lowest BCUT2D eigenvalue weighted by atomic mass is 9.91. The molecule has 8 heteroatoms. The molecule has 0 unspecified atom stereocenters. The first-order valence-corrected chi connectivity index (χ1v) is 10.3. The largest absolute Gasteiger partial charge is 0.433 e. The van der Waals surface area contributed by atoms with Gasteiger partial charge in [0, 0.05) is 23.7 Å². The quantitative estimate of drug-likeness (QED) is 0.606. The molecule has 0 spiro atoms. The van der Waals surface area contributed by atoms with Crippen molar-refractivity contribution in [2.24, 2.45) is 0 Å². The number of carbonyl (C=O) groups is 1. The summed E-state index contributed by atoms with van der Waals surface area (Å²) in [5, 5.41) is 7.54. The summed E-state index contributed by atoms with van der Waals surface area (Å²) in [4.78, 5) is 20.4. The highest BCUT2D eigenvalue weighted by molar-refractivity contribution is 5.94.